The minimum absolute atomic E-state index is 0.157. The van der Waals surface area contributed by atoms with Crippen LogP contribution in [0.1, 0.15) is 10.4 Å². The number of hydrogen-bond acceptors (Lipinski definition) is 5. The number of hydrogen-bond donors (Lipinski definition) is 1. The van der Waals surface area contributed by atoms with E-state index in [1.165, 1.54) is 24.3 Å². The fourth-order valence-electron chi connectivity index (χ4n) is 1.94. The first-order valence-corrected chi connectivity index (χ1v) is 6.15. The number of aromatic carboxylic acids is 1. The van der Waals surface area contributed by atoms with Crippen LogP contribution < -0.4 is 0 Å². The van der Waals surface area contributed by atoms with Crippen molar-refractivity contribution in [2.45, 2.75) is 0 Å². The first-order valence-electron chi connectivity index (χ1n) is 5.77. The van der Waals surface area contributed by atoms with Crippen molar-refractivity contribution in [1.29, 1.82) is 0 Å². The Hall–Kier alpha value is -3.00. The van der Waals surface area contributed by atoms with Crippen LogP contribution >= 0.6 is 11.6 Å². The molecule has 2 aromatic rings. The first kappa shape index (κ1) is 15.4. The number of carboxylic acid groups (broad SMARTS) is 1. The Morgan fingerprint density at radius 1 is 1.00 bits per heavy atom. The Kier molecular flexibility index (Phi) is 4.04. The molecule has 8 nitrogen and oxygen atoms in total. The molecule has 0 aliphatic rings. The van der Waals surface area contributed by atoms with Crippen LogP contribution in [-0.2, 0) is 0 Å². The number of nitrogens with zero attached hydrogens (tertiary/aromatic N) is 2. The molecule has 0 radical (unpaired) electrons. The highest BCUT2D eigenvalue weighted by molar-refractivity contribution is 6.31. The standard InChI is InChI=1S/C13H7ClN2O6/c14-8-2-3-9(10(6-8)13(17)18)7-1-4-11(15(19)20)12(5-7)16(21)22/h1-6H,(H,17,18). The lowest BCUT2D eigenvalue weighted by molar-refractivity contribution is -0.422. The molecule has 0 spiro atoms. The fraction of sp³-hybridized carbons (Fsp3) is 0. The van der Waals surface area contributed by atoms with Crippen LogP contribution in [0, 0.1) is 20.2 Å². The normalized spacial score (nSPS) is 10.2. The van der Waals surface area contributed by atoms with Gasteiger partial charge in [-0.1, -0.05) is 17.7 Å². The monoisotopic (exact) mass is 322 g/mol. The van der Waals surface area contributed by atoms with E-state index in [0.29, 0.717) is 0 Å². The summed E-state index contributed by atoms with van der Waals surface area (Å²) >= 11 is 5.74. The van der Waals surface area contributed by atoms with Crippen molar-refractivity contribution >= 4 is 28.9 Å². The molecule has 22 heavy (non-hydrogen) atoms. The summed E-state index contributed by atoms with van der Waals surface area (Å²) in [5.74, 6) is -1.27. The molecule has 0 saturated carbocycles. The SMILES string of the molecule is O=C(O)c1cc(Cl)ccc1-c1ccc([N+](=O)[O-])c([N+](=O)[O-])c1. The second kappa shape index (κ2) is 5.78. The van der Waals surface area contributed by atoms with E-state index in [-0.39, 0.29) is 21.7 Å². The molecule has 0 bridgehead atoms. The molecule has 0 aliphatic heterocycles. The third kappa shape index (κ3) is 2.86. The molecule has 2 rings (SSSR count). The number of nitro benzene ring substituents is 2. The van der Waals surface area contributed by atoms with Gasteiger partial charge in [0.05, 0.1) is 15.4 Å². The van der Waals surface area contributed by atoms with Gasteiger partial charge in [0.15, 0.2) is 0 Å². The molecule has 0 aromatic heterocycles. The molecular weight excluding hydrogens is 316 g/mol. The van der Waals surface area contributed by atoms with Gasteiger partial charge in [0, 0.05) is 17.2 Å². The van der Waals surface area contributed by atoms with E-state index in [4.69, 9.17) is 11.6 Å². The minimum Gasteiger partial charge on any atom is -0.478 e. The molecule has 0 saturated heterocycles. The zero-order valence-electron chi connectivity index (χ0n) is 10.7. The van der Waals surface area contributed by atoms with Crippen molar-refractivity contribution in [3.8, 4) is 11.1 Å². The highest BCUT2D eigenvalue weighted by atomic mass is 35.5. The van der Waals surface area contributed by atoms with E-state index >= 15 is 0 Å². The maximum absolute atomic E-state index is 11.2. The summed E-state index contributed by atoms with van der Waals surface area (Å²) in [6, 6.07) is 7.20. The Morgan fingerprint density at radius 3 is 2.18 bits per heavy atom. The molecule has 2 aromatic carbocycles. The number of nitro groups is 2. The van der Waals surface area contributed by atoms with E-state index in [1.54, 1.807) is 0 Å². The van der Waals surface area contributed by atoms with Crippen molar-refractivity contribution in [3.63, 3.8) is 0 Å². The van der Waals surface area contributed by atoms with Gasteiger partial charge in [-0.2, -0.15) is 0 Å². The van der Waals surface area contributed by atoms with Crippen LogP contribution in [0.5, 0.6) is 0 Å². The molecule has 0 atom stereocenters. The van der Waals surface area contributed by atoms with E-state index in [0.717, 1.165) is 12.1 Å². The number of benzene rings is 2. The van der Waals surface area contributed by atoms with Crippen molar-refractivity contribution in [2.75, 3.05) is 0 Å². The second-order valence-electron chi connectivity index (χ2n) is 4.21. The molecule has 0 fully saturated rings. The maximum atomic E-state index is 11.2. The quantitative estimate of drug-likeness (QED) is 0.678. The number of rotatable bonds is 4. The van der Waals surface area contributed by atoms with Crippen molar-refractivity contribution < 1.29 is 19.7 Å². The van der Waals surface area contributed by atoms with Crippen molar-refractivity contribution in [2.24, 2.45) is 0 Å². The molecule has 1 N–H and O–H groups in total. The summed E-state index contributed by atoms with van der Waals surface area (Å²) in [5, 5.41) is 31.1. The minimum atomic E-state index is -1.27. The van der Waals surface area contributed by atoms with Gasteiger partial charge in [-0.25, -0.2) is 4.79 Å². The van der Waals surface area contributed by atoms with Crippen LogP contribution in [0.2, 0.25) is 5.02 Å². The van der Waals surface area contributed by atoms with Gasteiger partial charge < -0.3 is 5.11 Å². The van der Waals surface area contributed by atoms with Crippen LogP contribution in [-0.4, -0.2) is 20.9 Å². The molecular formula is C13H7ClN2O6. The predicted molar refractivity (Wildman–Crippen MR) is 77.2 cm³/mol. The second-order valence-corrected chi connectivity index (χ2v) is 4.65. The summed E-state index contributed by atoms with van der Waals surface area (Å²) < 4.78 is 0. The summed E-state index contributed by atoms with van der Waals surface area (Å²) in [6.07, 6.45) is 0. The number of halogens is 1. The molecule has 0 aliphatic carbocycles. The Balaban J connectivity index is 2.69. The smallest absolute Gasteiger partial charge is 0.346 e. The van der Waals surface area contributed by atoms with Crippen LogP contribution in [0.4, 0.5) is 11.4 Å². The summed E-state index contributed by atoms with van der Waals surface area (Å²) in [7, 11) is 0. The fourth-order valence-corrected chi connectivity index (χ4v) is 2.11. The zero-order valence-corrected chi connectivity index (χ0v) is 11.5. The van der Waals surface area contributed by atoms with E-state index in [1.807, 2.05) is 0 Å². The topological polar surface area (TPSA) is 124 Å². The average molecular weight is 323 g/mol. The van der Waals surface area contributed by atoms with E-state index < -0.39 is 27.2 Å². The van der Waals surface area contributed by atoms with Gasteiger partial charge in [0.1, 0.15) is 0 Å². The number of carbonyl (C=O) groups is 1. The lowest BCUT2D eigenvalue weighted by Gasteiger charge is -2.07. The van der Waals surface area contributed by atoms with Crippen molar-refractivity contribution in [1.82, 2.24) is 0 Å². The molecule has 0 unspecified atom stereocenters. The largest absolute Gasteiger partial charge is 0.478 e. The lowest BCUT2D eigenvalue weighted by atomic mass is 9.99. The Bertz CT molecular complexity index is 805. The third-order valence-corrected chi connectivity index (χ3v) is 3.13. The van der Waals surface area contributed by atoms with Crippen LogP contribution in [0.25, 0.3) is 11.1 Å². The molecule has 9 heteroatoms. The average Bonchev–Trinajstić information content (AvgIpc) is 2.46. The lowest BCUT2D eigenvalue weighted by Crippen LogP contribution is -2.01. The molecule has 112 valence electrons. The highest BCUT2D eigenvalue weighted by Crippen LogP contribution is 2.34. The Morgan fingerprint density at radius 2 is 1.64 bits per heavy atom. The van der Waals surface area contributed by atoms with Gasteiger partial charge in [-0.3, -0.25) is 20.2 Å². The maximum Gasteiger partial charge on any atom is 0.346 e. The van der Waals surface area contributed by atoms with Crippen molar-refractivity contribution in [3.05, 3.63) is 67.2 Å². The first-order chi connectivity index (χ1) is 10.3. The molecule has 0 amide bonds. The Labute approximate surface area is 127 Å². The summed E-state index contributed by atoms with van der Waals surface area (Å²) in [4.78, 5) is 31.2. The van der Waals surface area contributed by atoms with E-state index in [2.05, 4.69) is 0 Å². The summed E-state index contributed by atoms with van der Waals surface area (Å²) in [6.45, 7) is 0. The third-order valence-electron chi connectivity index (χ3n) is 2.89. The van der Waals surface area contributed by atoms with Crippen LogP contribution in [0.3, 0.4) is 0 Å². The zero-order chi connectivity index (χ0) is 16.4. The van der Waals surface area contributed by atoms with Gasteiger partial charge >= 0.3 is 17.3 Å². The van der Waals surface area contributed by atoms with Gasteiger partial charge in [0.25, 0.3) is 0 Å². The predicted octanol–water partition coefficient (Wildman–Crippen LogP) is 3.52. The van der Waals surface area contributed by atoms with Gasteiger partial charge in [-0.05, 0) is 29.3 Å². The number of carboxylic acids is 1. The summed E-state index contributed by atoms with van der Waals surface area (Å²) in [5.41, 5.74) is -1.19. The van der Waals surface area contributed by atoms with Gasteiger partial charge in [0.2, 0.25) is 0 Å². The van der Waals surface area contributed by atoms with Crippen LogP contribution in [0.15, 0.2) is 36.4 Å². The molecule has 0 heterocycles. The van der Waals surface area contributed by atoms with E-state index in [9.17, 15) is 30.1 Å². The van der Waals surface area contributed by atoms with Gasteiger partial charge in [-0.15, -0.1) is 0 Å². The highest BCUT2D eigenvalue weighted by Gasteiger charge is 2.25.